The van der Waals surface area contributed by atoms with Gasteiger partial charge < -0.3 is 5.32 Å². The topological polar surface area (TPSA) is 49.4 Å². The monoisotopic (exact) mass is 326 g/mol. The zero-order valence-corrected chi connectivity index (χ0v) is 13.3. The number of amides is 2. The Hall–Kier alpha value is -1.26. The van der Waals surface area contributed by atoms with Crippen LogP contribution in [0.25, 0.3) is 0 Å². The van der Waals surface area contributed by atoms with Gasteiger partial charge in [0.25, 0.3) is 5.91 Å². The third kappa shape index (κ3) is 2.30. The van der Waals surface area contributed by atoms with E-state index in [1.807, 2.05) is 0 Å². The van der Waals surface area contributed by atoms with E-state index in [2.05, 4.69) is 5.32 Å². The highest BCUT2D eigenvalue weighted by Gasteiger charge is 2.55. The molecule has 0 spiro atoms. The molecule has 1 aromatic rings. The summed E-state index contributed by atoms with van der Waals surface area (Å²) in [5.74, 6) is -0.0942. The molecular weight excluding hydrogens is 311 g/mol. The van der Waals surface area contributed by atoms with Gasteiger partial charge in [-0.1, -0.05) is 23.2 Å². The molecule has 2 atom stereocenters. The maximum absolute atomic E-state index is 13.0. The second-order valence-electron chi connectivity index (χ2n) is 5.91. The van der Waals surface area contributed by atoms with Crippen LogP contribution in [0.1, 0.15) is 26.7 Å². The first kappa shape index (κ1) is 14.7. The summed E-state index contributed by atoms with van der Waals surface area (Å²) in [7, 11) is 0. The highest BCUT2D eigenvalue weighted by atomic mass is 35.5. The highest BCUT2D eigenvalue weighted by Crippen LogP contribution is 2.44. The van der Waals surface area contributed by atoms with Crippen LogP contribution in [0, 0.1) is 5.92 Å². The lowest BCUT2D eigenvalue weighted by Crippen LogP contribution is -2.70. The van der Waals surface area contributed by atoms with Crippen molar-refractivity contribution in [2.45, 2.75) is 38.3 Å². The molecule has 112 valence electrons. The van der Waals surface area contributed by atoms with Gasteiger partial charge in [-0.15, -0.1) is 0 Å². The first-order valence-corrected chi connectivity index (χ1v) is 7.71. The van der Waals surface area contributed by atoms with Crippen LogP contribution in [0.3, 0.4) is 0 Å². The van der Waals surface area contributed by atoms with Crippen molar-refractivity contribution in [3.63, 3.8) is 0 Å². The zero-order chi connectivity index (χ0) is 15.4. The van der Waals surface area contributed by atoms with E-state index in [-0.39, 0.29) is 17.7 Å². The summed E-state index contributed by atoms with van der Waals surface area (Å²) >= 11 is 12.2. The number of nitrogens with zero attached hydrogens (tertiary/aromatic N) is 1. The Balaban J connectivity index is 2.07. The van der Waals surface area contributed by atoms with Crippen LogP contribution in [0.5, 0.6) is 0 Å². The van der Waals surface area contributed by atoms with Crippen molar-refractivity contribution in [2.24, 2.45) is 5.92 Å². The highest BCUT2D eigenvalue weighted by molar-refractivity contribution is 6.36. The van der Waals surface area contributed by atoms with Gasteiger partial charge in [0.15, 0.2) is 0 Å². The van der Waals surface area contributed by atoms with Crippen molar-refractivity contribution >= 4 is 40.7 Å². The molecule has 1 N–H and O–H groups in total. The van der Waals surface area contributed by atoms with Gasteiger partial charge in [-0.25, -0.2) is 0 Å². The molecule has 1 saturated carbocycles. The van der Waals surface area contributed by atoms with Crippen molar-refractivity contribution in [3.8, 4) is 0 Å². The lowest BCUT2D eigenvalue weighted by atomic mass is 9.89. The number of hydrogen-bond acceptors (Lipinski definition) is 2. The molecule has 0 radical (unpaired) electrons. The van der Waals surface area contributed by atoms with E-state index in [0.29, 0.717) is 15.7 Å². The summed E-state index contributed by atoms with van der Waals surface area (Å²) in [4.78, 5) is 26.7. The first-order chi connectivity index (χ1) is 9.84. The lowest BCUT2D eigenvalue weighted by molar-refractivity contribution is -0.138. The molecule has 2 fully saturated rings. The van der Waals surface area contributed by atoms with Crippen molar-refractivity contribution in [2.75, 3.05) is 4.90 Å². The average molecular weight is 327 g/mol. The molecule has 3 rings (SSSR count). The molecule has 2 aliphatic rings. The van der Waals surface area contributed by atoms with E-state index in [4.69, 9.17) is 23.2 Å². The predicted octanol–water partition coefficient (Wildman–Crippen LogP) is 3.01. The zero-order valence-electron chi connectivity index (χ0n) is 11.8. The Bertz CT molecular complexity index is 630. The third-order valence-corrected chi connectivity index (χ3v) is 4.93. The van der Waals surface area contributed by atoms with Gasteiger partial charge in [-0.2, -0.15) is 0 Å². The van der Waals surface area contributed by atoms with Crippen LogP contribution >= 0.6 is 23.2 Å². The van der Waals surface area contributed by atoms with Gasteiger partial charge in [0.1, 0.15) is 11.6 Å². The molecule has 4 nitrogen and oxygen atoms in total. The fraction of sp³-hybridized carbons (Fsp3) is 0.467. The maximum Gasteiger partial charge on any atom is 0.253 e. The summed E-state index contributed by atoms with van der Waals surface area (Å²) in [6.07, 6.45) is 1.90. The van der Waals surface area contributed by atoms with Crippen LogP contribution in [-0.4, -0.2) is 23.4 Å². The number of benzene rings is 1. The Morgan fingerprint density at radius 2 is 1.95 bits per heavy atom. The molecule has 6 heteroatoms. The van der Waals surface area contributed by atoms with E-state index in [1.54, 1.807) is 32.0 Å². The maximum atomic E-state index is 13.0. The summed E-state index contributed by atoms with van der Waals surface area (Å²) in [5.41, 5.74) is -0.363. The van der Waals surface area contributed by atoms with Crippen molar-refractivity contribution in [3.05, 3.63) is 28.2 Å². The van der Waals surface area contributed by atoms with Gasteiger partial charge in [-0.05, 0) is 50.8 Å². The molecular formula is C15H16Cl2N2O2. The van der Waals surface area contributed by atoms with E-state index in [9.17, 15) is 9.59 Å². The van der Waals surface area contributed by atoms with Crippen LogP contribution in [0.2, 0.25) is 10.0 Å². The average Bonchev–Trinajstić information content (AvgIpc) is 3.25. The quantitative estimate of drug-likeness (QED) is 0.908. The van der Waals surface area contributed by atoms with Crippen molar-refractivity contribution < 1.29 is 9.59 Å². The second-order valence-corrected chi connectivity index (χ2v) is 6.76. The minimum absolute atomic E-state index is 0.124. The van der Waals surface area contributed by atoms with Crippen LogP contribution in [0.4, 0.5) is 5.69 Å². The molecule has 0 bridgehead atoms. The number of carbonyl (C=O) groups is 2. The number of anilines is 1. The summed E-state index contributed by atoms with van der Waals surface area (Å²) < 4.78 is 0. The molecule has 1 aliphatic carbocycles. The van der Waals surface area contributed by atoms with E-state index < -0.39 is 11.6 Å². The second kappa shape index (κ2) is 4.89. The smallest absolute Gasteiger partial charge is 0.253 e. The number of piperazine rings is 1. The Labute approximate surface area is 133 Å². The normalized spacial score (nSPS) is 29.5. The molecule has 0 aromatic heterocycles. The SMILES string of the molecule is CC1C(=O)NC(C)(C2CC2)C(=O)N1c1cc(Cl)ccc1Cl. The van der Waals surface area contributed by atoms with Crippen LogP contribution in [0.15, 0.2) is 18.2 Å². The van der Waals surface area contributed by atoms with Crippen molar-refractivity contribution in [1.82, 2.24) is 5.32 Å². The molecule has 2 amide bonds. The minimum Gasteiger partial charge on any atom is -0.340 e. The predicted molar refractivity (Wildman–Crippen MR) is 82.7 cm³/mol. The van der Waals surface area contributed by atoms with Gasteiger partial charge >= 0.3 is 0 Å². The van der Waals surface area contributed by atoms with Gasteiger partial charge in [0, 0.05) is 5.02 Å². The van der Waals surface area contributed by atoms with Crippen LogP contribution in [-0.2, 0) is 9.59 Å². The molecule has 21 heavy (non-hydrogen) atoms. The third-order valence-electron chi connectivity index (χ3n) is 4.37. The minimum atomic E-state index is -0.852. The fourth-order valence-electron chi connectivity index (χ4n) is 2.88. The summed E-state index contributed by atoms with van der Waals surface area (Å²) in [6, 6.07) is 4.32. The van der Waals surface area contributed by atoms with Gasteiger partial charge in [-0.3, -0.25) is 14.5 Å². The largest absolute Gasteiger partial charge is 0.340 e. The Kier molecular flexibility index (Phi) is 3.41. The summed E-state index contributed by atoms with van der Waals surface area (Å²) in [5, 5.41) is 3.77. The standard InChI is InChI=1S/C15H16Cl2N2O2/c1-8-13(20)18-15(2,9-3-4-9)14(21)19(8)12-7-10(16)5-6-11(12)17/h5-9H,3-4H2,1-2H3,(H,18,20). The first-order valence-electron chi connectivity index (χ1n) is 6.95. The Morgan fingerprint density at radius 1 is 1.29 bits per heavy atom. The van der Waals surface area contributed by atoms with Gasteiger partial charge in [0.2, 0.25) is 5.91 Å². The van der Waals surface area contributed by atoms with E-state index >= 15 is 0 Å². The lowest BCUT2D eigenvalue weighted by Gasteiger charge is -2.43. The molecule has 2 unspecified atom stereocenters. The molecule has 1 aliphatic heterocycles. The van der Waals surface area contributed by atoms with E-state index in [1.165, 1.54) is 4.90 Å². The number of halogens is 2. The molecule has 1 aromatic carbocycles. The van der Waals surface area contributed by atoms with Crippen LogP contribution < -0.4 is 10.2 Å². The number of rotatable bonds is 2. The fourth-order valence-corrected chi connectivity index (χ4v) is 3.26. The molecule has 1 heterocycles. The van der Waals surface area contributed by atoms with E-state index in [0.717, 1.165) is 12.8 Å². The van der Waals surface area contributed by atoms with Crippen molar-refractivity contribution in [1.29, 1.82) is 0 Å². The van der Waals surface area contributed by atoms with Gasteiger partial charge in [0.05, 0.1) is 10.7 Å². The Morgan fingerprint density at radius 3 is 2.57 bits per heavy atom. The summed E-state index contributed by atoms with van der Waals surface area (Å²) in [6.45, 7) is 3.49. The molecule has 1 saturated heterocycles. The number of nitrogens with one attached hydrogen (secondary N) is 1. The number of carbonyl (C=O) groups excluding carboxylic acids is 2. The number of hydrogen-bond donors (Lipinski definition) is 1.